The summed E-state index contributed by atoms with van der Waals surface area (Å²) in [4.78, 5) is 17.8. The van der Waals surface area contributed by atoms with Gasteiger partial charge in [0.05, 0.1) is 6.61 Å². The Balaban J connectivity index is 1.60. The van der Waals surface area contributed by atoms with Crippen LogP contribution in [0.5, 0.6) is 0 Å². The van der Waals surface area contributed by atoms with Gasteiger partial charge < -0.3 is 14.2 Å². The maximum Gasteiger partial charge on any atom is 0.258 e. The molecule has 186 valence electrons. The third-order valence-corrected chi connectivity index (χ3v) is 6.10. The van der Waals surface area contributed by atoms with E-state index in [2.05, 4.69) is 29.2 Å². The highest BCUT2D eigenvalue weighted by molar-refractivity contribution is 5.75. The summed E-state index contributed by atoms with van der Waals surface area (Å²) in [5, 5.41) is 4.14. The fraction of sp³-hybridized carbons (Fsp3) is 0.276. The molecule has 0 spiro atoms. The van der Waals surface area contributed by atoms with E-state index >= 15 is 0 Å². The van der Waals surface area contributed by atoms with Crippen molar-refractivity contribution >= 4 is 5.78 Å². The standard InChI is InChI=1S/C29H30FN3O3/c1-19-7-5-6-8-25(19)26-11-9-22(16-24(26)18-35-4)29-31-28(32-36-29)21-10-12-27(30)23(15-21)17-33(3)14-13-20(2)34/h5-12,15-16H,13-14,17-18H2,1-4H3. The number of halogens is 1. The van der Waals surface area contributed by atoms with Crippen LogP contribution in [0.15, 0.2) is 65.2 Å². The Kier molecular flexibility index (Phi) is 8.03. The van der Waals surface area contributed by atoms with E-state index in [9.17, 15) is 9.18 Å². The van der Waals surface area contributed by atoms with Crippen molar-refractivity contribution in [3.63, 3.8) is 0 Å². The first-order chi connectivity index (χ1) is 17.4. The van der Waals surface area contributed by atoms with Crippen LogP contribution in [-0.2, 0) is 22.7 Å². The van der Waals surface area contributed by atoms with E-state index in [-0.39, 0.29) is 11.6 Å². The molecule has 7 heteroatoms. The molecule has 1 heterocycles. The second-order valence-electron chi connectivity index (χ2n) is 9.04. The Morgan fingerprint density at radius 1 is 1.03 bits per heavy atom. The first kappa shape index (κ1) is 25.4. The number of ketones is 1. The molecular weight excluding hydrogens is 457 g/mol. The van der Waals surface area contributed by atoms with Gasteiger partial charge in [0.15, 0.2) is 0 Å². The minimum Gasteiger partial charge on any atom is -0.380 e. The number of benzene rings is 3. The summed E-state index contributed by atoms with van der Waals surface area (Å²) in [6.45, 7) is 5.02. The van der Waals surface area contributed by atoms with Gasteiger partial charge in [0.2, 0.25) is 5.82 Å². The average Bonchev–Trinajstić information content (AvgIpc) is 3.35. The van der Waals surface area contributed by atoms with Gasteiger partial charge in [-0.3, -0.25) is 4.79 Å². The number of aryl methyl sites for hydroxylation is 1. The highest BCUT2D eigenvalue weighted by atomic mass is 19.1. The summed E-state index contributed by atoms with van der Waals surface area (Å²) < 4.78 is 25.5. The molecule has 0 amide bonds. The fourth-order valence-corrected chi connectivity index (χ4v) is 4.15. The molecule has 4 rings (SSSR count). The highest BCUT2D eigenvalue weighted by Crippen LogP contribution is 2.32. The molecule has 0 fully saturated rings. The maximum atomic E-state index is 14.5. The molecule has 3 aromatic carbocycles. The van der Waals surface area contributed by atoms with Crippen LogP contribution >= 0.6 is 0 Å². The van der Waals surface area contributed by atoms with Crippen LogP contribution in [0.4, 0.5) is 4.39 Å². The summed E-state index contributed by atoms with van der Waals surface area (Å²) in [7, 11) is 3.53. The number of Topliss-reactive ketones (excluding diaryl/α,β-unsaturated/α-hetero) is 1. The molecule has 4 aromatic rings. The molecule has 0 N–H and O–H groups in total. The van der Waals surface area contributed by atoms with Crippen LogP contribution in [0.2, 0.25) is 0 Å². The monoisotopic (exact) mass is 487 g/mol. The zero-order valence-electron chi connectivity index (χ0n) is 21.0. The van der Waals surface area contributed by atoms with E-state index in [1.807, 2.05) is 42.3 Å². The van der Waals surface area contributed by atoms with Crippen LogP contribution in [0.25, 0.3) is 34.0 Å². The van der Waals surface area contributed by atoms with E-state index in [4.69, 9.17) is 9.26 Å². The van der Waals surface area contributed by atoms with E-state index in [0.717, 1.165) is 22.3 Å². The zero-order chi connectivity index (χ0) is 25.7. The van der Waals surface area contributed by atoms with E-state index < -0.39 is 0 Å². The number of carbonyl (C=O) groups is 1. The van der Waals surface area contributed by atoms with E-state index in [0.29, 0.717) is 49.0 Å². The van der Waals surface area contributed by atoms with Gasteiger partial charge >= 0.3 is 0 Å². The smallest absolute Gasteiger partial charge is 0.258 e. The molecule has 0 unspecified atom stereocenters. The molecule has 6 nitrogen and oxygen atoms in total. The molecular formula is C29H30FN3O3. The molecule has 0 saturated heterocycles. The van der Waals surface area contributed by atoms with Crippen LogP contribution in [-0.4, -0.2) is 41.5 Å². The SMILES string of the molecule is COCc1cc(-c2nc(-c3ccc(F)c(CN(C)CCC(C)=O)c3)no2)ccc1-c1ccccc1C. The van der Waals surface area contributed by atoms with Crippen molar-refractivity contribution in [2.45, 2.75) is 33.4 Å². The summed E-state index contributed by atoms with van der Waals surface area (Å²) >= 11 is 0. The largest absolute Gasteiger partial charge is 0.380 e. The first-order valence-electron chi connectivity index (χ1n) is 11.8. The molecule has 0 aliphatic carbocycles. The number of hydrogen-bond donors (Lipinski definition) is 0. The van der Waals surface area contributed by atoms with E-state index in [1.165, 1.54) is 11.6 Å². The van der Waals surface area contributed by atoms with Crippen molar-refractivity contribution in [1.82, 2.24) is 15.0 Å². The predicted molar refractivity (Wildman–Crippen MR) is 138 cm³/mol. The fourth-order valence-electron chi connectivity index (χ4n) is 4.15. The molecule has 0 aliphatic heterocycles. The second-order valence-corrected chi connectivity index (χ2v) is 9.04. The summed E-state index contributed by atoms with van der Waals surface area (Å²) in [6.07, 6.45) is 0.430. The topological polar surface area (TPSA) is 68.5 Å². The Morgan fingerprint density at radius 3 is 2.53 bits per heavy atom. The van der Waals surface area contributed by atoms with Gasteiger partial charge in [0.25, 0.3) is 5.89 Å². The minimum absolute atomic E-state index is 0.107. The molecule has 0 bridgehead atoms. The lowest BCUT2D eigenvalue weighted by Crippen LogP contribution is -2.21. The molecule has 0 aliphatic rings. The average molecular weight is 488 g/mol. The lowest BCUT2D eigenvalue weighted by molar-refractivity contribution is -0.117. The van der Waals surface area contributed by atoms with Crippen molar-refractivity contribution in [2.24, 2.45) is 0 Å². The quantitative estimate of drug-likeness (QED) is 0.270. The summed E-state index contributed by atoms with van der Waals surface area (Å²) in [5.74, 6) is 0.557. The Bertz CT molecular complexity index is 1370. The normalized spacial score (nSPS) is 11.3. The van der Waals surface area contributed by atoms with Gasteiger partial charge in [-0.25, -0.2) is 4.39 Å². The molecule has 0 radical (unpaired) electrons. The highest BCUT2D eigenvalue weighted by Gasteiger charge is 2.16. The van der Waals surface area contributed by atoms with Crippen molar-refractivity contribution in [3.05, 3.63) is 83.2 Å². The van der Waals surface area contributed by atoms with Gasteiger partial charge in [0.1, 0.15) is 11.6 Å². The number of rotatable bonds is 10. The number of ether oxygens (including phenoxy) is 1. The van der Waals surface area contributed by atoms with Gasteiger partial charge in [0, 0.05) is 43.3 Å². The number of hydrogen-bond acceptors (Lipinski definition) is 6. The third-order valence-electron chi connectivity index (χ3n) is 6.10. The van der Waals surface area contributed by atoms with Crippen molar-refractivity contribution < 1.29 is 18.4 Å². The summed E-state index contributed by atoms with van der Waals surface area (Å²) in [5.41, 5.74) is 6.39. The second kappa shape index (κ2) is 11.4. The van der Waals surface area contributed by atoms with Crippen LogP contribution < -0.4 is 0 Å². The molecule has 0 saturated carbocycles. The minimum atomic E-state index is -0.312. The Morgan fingerprint density at radius 2 is 1.78 bits per heavy atom. The zero-order valence-corrected chi connectivity index (χ0v) is 21.0. The lowest BCUT2D eigenvalue weighted by atomic mass is 9.94. The molecule has 1 aromatic heterocycles. The number of aromatic nitrogens is 2. The van der Waals surface area contributed by atoms with Crippen molar-refractivity contribution in [3.8, 4) is 34.0 Å². The van der Waals surface area contributed by atoms with Crippen LogP contribution in [0.1, 0.15) is 30.0 Å². The van der Waals surface area contributed by atoms with Crippen molar-refractivity contribution in [2.75, 3.05) is 20.7 Å². The number of methoxy groups -OCH3 is 1. The van der Waals surface area contributed by atoms with Gasteiger partial charge in [-0.05, 0) is 73.5 Å². The van der Waals surface area contributed by atoms with Gasteiger partial charge in [-0.1, -0.05) is 35.5 Å². The Hall–Kier alpha value is -3.68. The molecule has 36 heavy (non-hydrogen) atoms. The van der Waals surface area contributed by atoms with Crippen LogP contribution in [0, 0.1) is 12.7 Å². The van der Waals surface area contributed by atoms with Gasteiger partial charge in [-0.2, -0.15) is 4.98 Å². The summed E-state index contributed by atoms with van der Waals surface area (Å²) in [6, 6.07) is 19.0. The van der Waals surface area contributed by atoms with Crippen molar-refractivity contribution in [1.29, 1.82) is 0 Å². The maximum absolute atomic E-state index is 14.5. The first-order valence-corrected chi connectivity index (χ1v) is 11.8. The Labute approximate surface area is 210 Å². The lowest BCUT2D eigenvalue weighted by Gasteiger charge is -2.16. The third kappa shape index (κ3) is 5.93. The van der Waals surface area contributed by atoms with E-state index in [1.54, 1.807) is 26.2 Å². The van der Waals surface area contributed by atoms with Gasteiger partial charge in [-0.15, -0.1) is 0 Å². The number of carbonyl (C=O) groups excluding carboxylic acids is 1. The molecule has 0 atom stereocenters. The number of nitrogens with zero attached hydrogens (tertiary/aromatic N) is 3. The predicted octanol–water partition coefficient (Wildman–Crippen LogP) is 6.08. The van der Waals surface area contributed by atoms with Crippen LogP contribution in [0.3, 0.4) is 0 Å².